The molecule has 0 atom stereocenters. The summed E-state index contributed by atoms with van der Waals surface area (Å²) in [6.45, 7) is 5.47. The van der Waals surface area contributed by atoms with E-state index in [4.69, 9.17) is 5.73 Å². The first-order chi connectivity index (χ1) is 8.72. The molecule has 2 aromatic rings. The van der Waals surface area contributed by atoms with E-state index < -0.39 is 0 Å². The summed E-state index contributed by atoms with van der Waals surface area (Å²) in [6.07, 6.45) is 6.44. The van der Waals surface area contributed by atoms with E-state index in [1.807, 2.05) is 35.1 Å². The molecule has 96 valence electrons. The van der Waals surface area contributed by atoms with Crippen molar-refractivity contribution in [2.24, 2.45) is 5.92 Å². The SMILES string of the molecule is CCC(CC)Cn1cc(-c2ccc(N)cc2)cn1. The van der Waals surface area contributed by atoms with Crippen LogP contribution in [-0.4, -0.2) is 9.78 Å². The van der Waals surface area contributed by atoms with Crippen molar-refractivity contribution in [3.05, 3.63) is 36.7 Å². The van der Waals surface area contributed by atoms with E-state index in [-0.39, 0.29) is 0 Å². The van der Waals surface area contributed by atoms with Gasteiger partial charge in [-0.3, -0.25) is 4.68 Å². The van der Waals surface area contributed by atoms with Crippen LogP contribution in [0.4, 0.5) is 5.69 Å². The van der Waals surface area contributed by atoms with Crippen LogP contribution >= 0.6 is 0 Å². The zero-order chi connectivity index (χ0) is 13.0. The van der Waals surface area contributed by atoms with E-state index in [0.717, 1.165) is 17.8 Å². The van der Waals surface area contributed by atoms with Crippen molar-refractivity contribution in [1.29, 1.82) is 0 Å². The first-order valence-electron chi connectivity index (χ1n) is 6.61. The minimum absolute atomic E-state index is 0.712. The van der Waals surface area contributed by atoms with Crippen molar-refractivity contribution in [2.75, 3.05) is 5.73 Å². The molecule has 0 fully saturated rings. The number of hydrogen-bond donors (Lipinski definition) is 1. The Hall–Kier alpha value is -1.77. The van der Waals surface area contributed by atoms with E-state index in [1.165, 1.54) is 18.4 Å². The maximum Gasteiger partial charge on any atom is 0.0568 e. The molecule has 0 aliphatic heterocycles. The molecule has 0 aliphatic rings. The smallest absolute Gasteiger partial charge is 0.0568 e. The first-order valence-corrected chi connectivity index (χ1v) is 6.61. The Labute approximate surface area is 109 Å². The van der Waals surface area contributed by atoms with E-state index in [1.54, 1.807) is 0 Å². The largest absolute Gasteiger partial charge is 0.399 e. The second kappa shape index (κ2) is 5.71. The van der Waals surface area contributed by atoms with Gasteiger partial charge in [-0.25, -0.2) is 0 Å². The molecule has 0 saturated heterocycles. The molecule has 0 bridgehead atoms. The van der Waals surface area contributed by atoms with Crippen molar-refractivity contribution < 1.29 is 0 Å². The minimum Gasteiger partial charge on any atom is -0.399 e. The summed E-state index contributed by atoms with van der Waals surface area (Å²) < 4.78 is 2.04. The van der Waals surface area contributed by atoms with Gasteiger partial charge in [-0.15, -0.1) is 0 Å². The highest BCUT2D eigenvalue weighted by atomic mass is 15.3. The van der Waals surface area contributed by atoms with Gasteiger partial charge in [0.2, 0.25) is 0 Å². The predicted octanol–water partition coefficient (Wildman–Crippen LogP) is 3.57. The quantitative estimate of drug-likeness (QED) is 0.816. The van der Waals surface area contributed by atoms with Crippen LogP contribution in [0.2, 0.25) is 0 Å². The summed E-state index contributed by atoms with van der Waals surface area (Å²) in [4.78, 5) is 0. The van der Waals surface area contributed by atoms with Crippen LogP contribution < -0.4 is 5.73 Å². The molecule has 0 aliphatic carbocycles. The molecule has 3 heteroatoms. The second-order valence-corrected chi connectivity index (χ2v) is 4.76. The Bertz CT molecular complexity index is 481. The van der Waals surface area contributed by atoms with Gasteiger partial charge in [-0.05, 0) is 23.6 Å². The third kappa shape index (κ3) is 2.92. The standard InChI is InChI=1S/C15H21N3/c1-3-12(4-2)10-18-11-14(9-17-18)13-5-7-15(16)8-6-13/h5-9,11-12H,3-4,10,16H2,1-2H3. The van der Waals surface area contributed by atoms with Crippen LogP contribution in [0.3, 0.4) is 0 Å². The zero-order valence-corrected chi connectivity index (χ0v) is 11.1. The average molecular weight is 243 g/mol. The molecule has 0 radical (unpaired) electrons. The van der Waals surface area contributed by atoms with Gasteiger partial charge in [-0.1, -0.05) is 38.8 Å². The molecule has 0 amide bonds. The Balaban J connectivity index is 2.12. The minimum atomic E-state index is 0.712. The van der Waals surface area contributed by atoms with Gasteiger partial charge >= 0.3 is 0 Å². The summed E-state index contributed by atoms with van der Waals surface area (Å²) in [5, 5.41) is 4.44. The van der Waals surface area contributed by atoms with Crippen molar-refractivity contribution in [1.82, 2.24) is 9.78 Å². The Kier molecular flexibility index (Phi) is 4.03. The van der Waals surface area contributed by atoms with Crippen LogP contribution in [0, 0.1) is 5.92 Å². The van der Waals surface area contributed by atoms with E-state index in [2.05, 4.69) is 25.1 Å². The number of nitrogens with zero attached hydrogens (tertiary/aromatic N) is 2. The van der Waals surface area contributed by atoms with Crippen LogP contribution in [0.25, 0.3) is 11.1 Å². The fourth-order valence-corrected chi connectivity index (χ4v) is 2.10. The van der Waals surface area contributed by atoms with Crippen molar-refractivity contribution >= 4 is 5.69 Å². The first kappa shape index (κ1) is 12.7. The molecule has 1 heterocycles. The summed E-state index contributed by atoms with van der Waals surface area (Å²) in [5.41, 5.74) is 8.81. The Morgan fingerprint density at radius 3 is 2.39 bits per heavy atom. The molecular formula is C15H21N3. The van der Waals surface area contributed by atoms with Gasteiger partial charge in [-0.2, -0.15) is 5.10 Å². The summed E-state index contributed by atoms with van der Waals surface area (Å²) >= 11 is 0. The van der Waals surface area contributed by atoms with Gasteiger partial charge in [0.15, 0.2) is 0 Å². The number of hydrogen-bond acceptors (Lipinski definition) is 2. The normalized spacial score (nSPS) is 11.1. The van der Waals surface area contributed by atoms with Crippen LogP contribution in [0.5, 0.6) is 0 Å². The van der Waals surface area contributed by atoms with Gasteiger partial charge in [0.25, 0.3) is 0 Å². The number of nitrogen functional groups attached to an aromatic ring is 1. The number of benzene rings is 1. The third-order valence-electron chi connectivity index (χ3n) is 3.48. The average Bonchev–Trinajstić information content (AvgIpc) is 2.85. The molecule has 0 spiro atoms. The van der Waals surface area contributed by atoms with Crippen molar-refractivity contribution in [3.8, 4) is 11.1 Å². The molecule has 18 heavy (non-hydrogen) atoms. The van der Waals surface area contributed by atoms with E-state index in [9.17, 15) is 0 Å². The van der Waals surface area contributed by atoms with Crippen LogP contribution in [-0.2, 0) is 6.54 Å². The molecule has 0 saturated carbocycles. The summed E-state index contributed by atoms with van der Waals surface area (Å²) in [5.74, 6) is 0.712. The maximum atomic E-state index is 5.69. The molecule has 2 rings (SSSR count). The van der Waals surface area contributed by atoms with Crippen LogP contribution in [0.15, 0.2) is 36.7 Å². The highest BCUT2D eigenvalue weighted by Gasteiger charge is 2.06. The maximum absolute atomic E-state index is 5.69. The molecular weight excluding hydrogens is 222 g/mol. The van der Waals surface area contributed by atoms with Crippen LogP contribution in [0.1, 0.15) is 26.7 Å². The van der Waals surface area contributed by atoms with Crippen molar-refractivity contribution in [2.45, 2.75) is 33.2 Å². The summed E-state index contributed by atoms with van der Waals surface area (Å²) in [6, 6.07) is 7.92. The van der Waals surface area contributed by atoms with Gasteiger partial charge in [0.1, 0.15) is 0 Å². The lowest BCUT2D eigenvalue weighted by Crippen LogP contribution is -2.09. The zero-order valence-electron chi connectivity index (χ0n) is 11.1. The van der Waals surface area contributed by atoms with Gasteiger partial charge in [0, 0.05) is 24.0 Å². The highest BCUT2D eigenvalue weighted by Crippen LogP contribution is 2.20. The lowest BCUT2D eigenvalue weighted by Gasteiger charge is -2.11. The highest BCUT2D eigenvalue weighted by molar-refractivity contribution is 5.63. The number of nitrogens with two attached hydrogens (primary N) is 1. The molecule has 0 unspecified atom stereocenters. The Morgan fingerprint density at radius 1 is 1.11 bits per heavy atom. The number of rotatable bonds is 5. The Morgan fingerprint density at radius 2 is 1.78 bits per heavy atom. The predicted molar refractivity (Wildman–Crippen MR) is 76.1 cm³/mol. The molecule has 3 nitrogen and oxygen atoms in total. The molecule has 1 aromatic heterocycles. The topological polar surface area (TPSA) is 43.8 Å². The third-order valence-corrected chi connectivity index (χ3v) is 3.48. The lowest BCUT2D eigenvalue weighted by molar-refractivity contribution is 0.396. The van der Waals surface area contributed by atoms with E-state index in [0.29, 0.717) is 5.92 Å². The molecule has 2 N–H and O–H groups in total. The fourth-order valence-electron chi connectivity index (χ4n) is 2.10. The van der Waals surface area contributed by atoms with Crippen molar-refractivity contribution in [3.63, 3.8) is 0 Å². The monoisotopic (exact) mass is 243 g/mol. The van der Waals surface area contributed by atoms with Gasteiger partial charge < -0.3 is 5.73 Å². The lowest BCUT2D eigenvalue weighted by atomic mass is 10.0. The molecule has 1 aromatic carbocycles. The second-order valence-electron chi connectivity index (χ2n) is 4.76. The summed E-state index contributed by atoms with van der Waals surface area (Å²) in [7, 11) is 0. The fraction of sp³-hybridized carbons (Fsp3) is 0.400. The van der Waals surface area contributed by atoms with E-state index >= 15 is 0 Å². The number of aromatic nitrogens is 2. The number of anilines is 1. The van der Waals surface area contributed by atoms with Gasteiger partial charge in [0.05, 0.1) is 6.20 Å².